The molecule has 0 spiro atoms. The molecule has 65 heavy (non-hydrogen) atoms. The van der Waals surface area contributed by atoms with Crippen molar-refractivity contribution in [3.63, 3.8) is 0 Å². The van der Waals surface area contributed by atoms with Crippen molar-refractivity contribution in [3.8, 4) is 5.69 Å². The van der Waals surface area contributed by atoms with Crippen LogP contribution in [-0.4, -0.2) is 31.6 Å². The van der Waals surface area contributed by atoms with Crippen molar-refractivity contribution in [3.05, 3.63) is 240 Å². The van der Waals surface area contributed by atoms with Crippen LogP contribution in [0, 0.1) is 13.8 Å². The molecule has 0 aliphatic carbocycles. The zero-order valence-electron chi connectivity index (χ0n) is 35.4. The minimum atomic E-state index is -4.19. The van der Waals surface area contributed by atoms with Gasteiger partial charge in [-0.05, 0) is 133 Å². The van der Waals surface area contributed by atoms with Gasteiger partial charge in [0, 0.05) is 22.1 Å². The molecule has 0 N–H and O–H groups in total. The third-order valence-corrected chi connectivity index (χ3v) is 15.9. The van der Waals surface area contributed by atoms with Gasteiger partial charge in [0.2, 0.25) is 19.7 Å². The Morgan fingerprint density at radius 3 is 1.25 bits per heavy atom. The zero-order chi connectivity index (χ0) is 44.5. The molecule has 1 aliphatic rings. The van der Waals surface area contributed by atoms with Crippen LogP contribution >= 0.6 is 0 Å². The highest BCUT2D eigenvalue weighted by Crippen LogP contribution is 2.57. The van der Waals surface area contributed by atoms with Crippen molar-refractivity contribution in [1.82, 2.24) is 14.8 Å². The van der Waals surface area contributed by atoms with Crippen LogP contribution in [0.1, 0.15) is 33.4 Å². The second kappa shape index (κ2) is 15.3. The van der Waals surface area contributed by atoms with Crippen molar-refractivity contribution in [1.29, 1.82) is 0 Å². The summed E-state index contributed by atoms with van der Waals surface area (Å²) in [4.78, 5) is 2.18. The summed E-state index contributed by atoms with van der Waals surface area (Å²) < 4.78 is 58.0. The molecule has 10 heteroatoms. The molecule has 3 heterocycles. The van der Waals surface area contributed by atoms with Gasteiger partial charge in [0.1, 0.15) is 0 Å². The number of aryl methyl sites for hydroxylation is 2. The highest BCUT2D eigenvalue weighted by Gasteiger charge is 2.46. The van der Waals surface area contributed by atoms with Gasteiger partial charge in [-0.25, -0.2) is 16.8 Å². The fourth-order valence-corrected chi connectivity index (χ4v) is 11.9. The van der Waals surface area contributed by atoms with E-state index in [-0.39, 0.29) is 19.8 Å². The molecule has 0 fully saturated rings. The van der Waals surface area contributed by atoms with E-state index in [4.69, 9.17) is 0 Å². The average Bonchev–Trinajstić information content (AvgIpc) is 3.66. The number of para-hydroxylation sites is 2. The van der Waals surface area contributed by atoms with Crippen molar-refractivity contribution in [2.24, 2.45) is 0 Å². The van der Waals surface area contributed by atoms with Crippen LogP contribution in [0.15, 0.2) is 226 Å². The molecule has 8 aromatic carbocycles. The van der Waals surface area contributed by atoms with E-state index in [0.29, 0.717) is 0 Å². The lowest BCUT2D eigenvalue weighted by Crippen LogP contribution is -2.37. The topological polar surface area (TPSA) is 102 Å². The Hall–Kier alpha value is -7.66. The van der Waals surface area contributed by atoms with Gasteiger partial charge in [-0.3, -0.25) is 0 Å². The lowest BCUT2D eigenvalue weighted by atomic mass is 9.62. The van der Waals surface area contributed by atoms with Crippen LogP contribution in [0.4, 0.5) is 17.1 Å². The van der Waals surface area contributed by atoms with Crippen LogP contribution in [-0.2, 0) is 25.1 Å². The van der Waals surface area contributed by atoms with Gasteiger partial charge in [-0.1, -0.05) is 120 Å². The number of rotatable bonds is 8. The number of hydrogen-bond donors (Lipinski definition) is 0. The van der Waals surface area contributed by atoms with Gasteiger partial charge >= 0.3 is 0 Å². The van der Waals surface area contributed by atoms with Gasteiger partial charge in [-0.15, -0.1) is 10.2 Å². The SMILES string of the molecule is Cc1ccc2c(c1)c1cc(C)ccc1n2-c1ccc(S(=O)(=O)c2ccc(S(=O)(=O)c3ccc(N4c5ccccc5C(c5ccccc5)(c5ccccc5)c5ccccc54)cc3)nn2)cc1. The molecule has 0 amide bonds. The molecule has 316 valence electrons. The van der Waals surface area contributed by atoms with Gasteiger partial charge < -0.3 is 9.47 Å². The summed E-state index contributed by atoms with van der Waals surface area (Å²) in [6.45, 7) is 4.13. The third kappa shape index (κ3) is 6.31. The molecular weight excluding hydrogens is 845 g/mol. The number of nitrogens with zero attached hydrogens (tertiary/aromatic N) is 4. The standard InChI is InChI=1S/C55H40N4O4S2/c1-37-21-31-49-45(35-37)46-36-38(2)22-32-50(46)58(49)41-23-27-43(28-24-41)64(60,61)53-33-34-54(57-56-53)65(62,63)44-29-25-42(26-30-44)59-51-19-11-9-17-47(51)55(39-13-5-3-6-14-39,40-15-7-4-8-16-40)48-18-10-12-20-52(48)59/h3-36H,1-2H3. The van der Waals surface area contributed by atoms with Crippen LogP contribution in [0.5, 0.6) is 0 Å². The Morgan fingerprint density at radius 1 is 0.415 bits per heavy atom. The first-order valence-electron chi connectivity index (χ1n) is 21.2. The zero-order valence-corrected chi connectivity index (χ0v) is 37.0. The Morgan fingerprint density at radius 2 is 0.815 bits per heavy atom. The average molecular weight is 885 g/mol. The van der Waals surface area contributed by atoms with Crippen LogP contribution < -0.4 is 4.90 Å². The van der Waals surface area contributed by atoms with Gasteiger partial charge in [0.05, 0.1) is 37.6 Å². The predicted molar refractivity (Wildman–Crippen MR) is 256 cm³/mol. The molecule has 10 aromatic rings. The first kappa shape index (κ1) is 40.1. The summed E-state index contributed by atoms with van der Waals surface area (Å²) in [5.41, 5.74) is 11.6. The molecule has 0 unspecified atom stereocenters. The van der Waals surface area contributed by atoms with E-state index in [1.807, 2.05) is 24.3 Å². The fraction of sp³-hybridized carbons (Fsp3) is 0.0545. The van der Waals surface area contributed by atoms with Crippen LogP contribution in [0.25, 0.3) is 27.5 Å². The molecule has 0 bridgehead atoms. The second-order valence-corrected chi connectivity index (χ2v) is 20.2. The minimum absolute atomic E-state index is 0.00127. The van der Waals surface area contributed by atoms with E-state index in [0.717, 1.165) is 77.9 Å². The van der Waals surface area contributed by atoms with Crippen molar-refractivity contribution in [2.75, 3.05) is 4.90 Å². The largest absolute Gasteiger partial charge is 0.310 e. The van der Waals surface area contributed by atoms with Crippen LogP contribution in [0.3, 0.4) is 0 Å². The van der Waals surface area contributed by atoms with Crippen molar-refractivity contribution in [2.45, 2.75) is 39.1 Å². The molecule has 2 aromatic heterocycles. The van der Waals surface area contributed by atoms with E-state index in [1.54, 1.807) is 48.5 Å². The summed E-state index contributed by atoms with van der Waals surface area (Å²) in [6.07, 6.45) is 0. The maximum atomic E-state index is 14.1. The lowest BCUT2D eigenvalue weighted by molar-refractivity contribution is 0.580. The normalized spacial score (nSPS) is 13.4. The van der Waals surface area contributed by atoms with E-state index in [1.165, 1.54) is 12.1 Å². The maximum absolute atomic E-state index is 14.1. The third-order valence-electron chi connectivity index (χ3n) is 12.6. The Bertz CT molecular complexity index is 3540. The van der Waals surface area contributed by atoms with E-state index >= 15 is 0 Å². The van der Waals surface area contributed by atoms with E-state index in [2.05, 4.69) is 155 Å². The Kier molecular flexibility index (Phi) is 9.42. The summed E-state index contributed by atoms with van der Waals surface area (Å²) in [6, 6.07) is 66.1. The summed E-state index contributed by atoms with van der Waals surface area (Å²) in [5, 5.41) is 9.46. The quantitative estimate of drug-likeness (QED) is 0.150. The lowest BCUT2D eigenvalue weighted by Gasteiger charge is -2.46. The summed E-state index contributed by atoms with van der Waals surface area (Å²) in [5.74, 6) is 0. The maximum Gasteiger partial charge on any atom is 0.225 e. The fourth-order valence-electron chi connectivity index (χ4n) is 9.60. The molecule has 1 aliphatic heterocycles. The number of sulfone groups is 2. The molecule has 0 radical (unpaired) electrons. The minimum Gasteiger partial charge on any atom is -0.310 e. The van der Waals surface area contributed by atoms with Gasteiger partial charge in [-0.2, -0.15) is 0 Å². The number of hydrogen-bond acceptors (Lipinski definition) is 7. The number of aromatic nitrogens is 3. The van der Waals surface area contributed by atoms with Crippen LogP contribution in [0.2, 0.25) is 0 Å². The molecule has 11 rings (SSSR count). The number of anilines is 3. The molecule has 0 atom stereocenters. The molecular formula is C55H40N4O4S2. The van der Waals surface area contributed by atoms with E-state index < -0.39 is 25.1 Å². The van der Waals surface area contributed by atoms with E-state index in [9.17, 15) is 16.8 Å². The Balaban J connectivity index is 0.902. The second-order valence-electron chi connectivity index (χ2n) is 16.4. The molecule has 0 saturated heterocycles. The van der Waals surface area contributed by atoms with Crippen molar-refractivity contribution >= 4 is 58.5 Å². The molecule has 8 nitrogen and oxygen atoms in total. The highest BCUT2D eigenvalue weighted by molar-refractivity contribution is 7.91. The highest BCUT2D eigenvalue weighted by atomic mass is 32.2. The number of fused-ring (bicyclic) bond motifs is 5. The van der Waals surface area contributed by atoms with Gasteiger partial charge in [0.15, 0.2) is 10.1 Å². The number of benzene rings is 8. The Labute approximate surface area is 377 Å². The van der Waals surface area contributed by atoms with Gasteiger partial charge in [0.25, 0.3) is 0 Å². The molecule has 0 saturated carbocycles. The van der Waals surface area contributed by atoms with Crippen molar-refractivity contribution < 1.29 is 16.8 Å². The first-order valence-corrected chi connectivity index (χ1v) is 24.2. The monoisotopic (exact) mass is 884 g/mol. The summed E-state index contributed by atoms with van der Waals surface area (Å²) >= 11 is 0. The first-order chi connectivity index (χ1) is 31.6. The predicted octanol–water partition coefficient (Wildman–Crippen LogP) is 12.0. The summed E-state index contributed by atoms with van der Waals surface area (Å²) in [7, 11) is -8.33. The smallest absolute Gasteiger partial charge is 0.225 e.